The van der Waals surface area contributed by atoms with Gasteiger partial charge < -0.3 is 14.2 Å². The minimum Gasteiger partial charge on any atom is -0.484 e. The van der Waals surface area contributed by atoms with Crippen molar-refractivity contribution in [1.29, 1.82) is 0 Å². The smallest absolute Gasteiger partial charge is 0.264 e. The van der Waals surface area contributed by atoms with E-state index in [1.165, 1.54) is 12.8 Å². The third kappa shape index (κ3) is 3.18. The summed E-state index contributed by atoms with van der Waals surface area (Å²) in [6.45, 7) is 0.279. The third-order valence-corrected chi connectivity index (χ3v) is 4.56. The number of benzene rings is 2. The molecule has 26 heavy (non-hydrogen) atoms. The summed E-state index contributed by atoms with van der Waals surface area (Å²) in [5.74, 6) is 3.65. The molecule has 1 aliphatic carbocycles. The molecule has 2 heterocycles. The highest BCUT2D eigenvalue weighted by Gasteiger charge is 2.24. The van der Waals surface area contributed by atoms with E-state index in [1.807, 2.05) is 48.5 Å². The van der Waals surface area contributed by atoms with Crippen LogP contribution < -0.4 is 4.74 Å². The largest absolute Gasteiger partial charge is 0.484 e. The molecule has 2 aromatic heterocycles. The van der Waals surface area contributed by atoms with Crippen molar-refractivity contribution in [2.75, 3.05) is 0 Å². The minimum atomic E-state index is 0.279. The lowest BCUT2D eigenvalue weighted by Crippen LogP contribution is -1.96. The highest BCUT2D eigenvalue weighted by molar-refractivity contribution is 5.79. The van der Waals surface area contributed by atoms with E-state index in [0.717, 1.165) is 46.3 Å². The van der Waals surface area contributed by atoms with E-state index in [-0.39, 0.29) is 6.61 Å². The third-order valence-electron chi connectivity index (χ3n) is 4.56. The Labute approximate surface area is 150 Å². The van der Waals surface area contributed by atoms with Crippen LogP contribution in [0.15, 0.2) is 53.1 Å². The van der Waals surface area contributed by atoms with Crippen molar-refractivity contribution in [3.8, 4) is 17.1 Å². The predicted molar refractivity (Wildman–Crippen MR) is 96.6 cm³/mol. The molecule has 2 aromatic carbocycles. The molecule has 1 aliphatic rings. The second kappa shape index (κ2) is 6.29. The van der Waals surface area contributed by atoms with Crippen LogP contribution in [-0.4, -0.2) is 20.1 Å². The molecule has 0 bridgehead atoms. The molecule has 130 valence electrons. The Kier molecular flexibility index (Phi) is 3.66. The van der Waals surface area contributed by atoms with Crippen molar-refractivity contribution in [2.45, 2.75) is 25.9 Å². The van der Waals surface area contributed by atoms with Crippen LogP contribution >= 0.6 is 0 Å². The van der Waals surface area contributed by atoms with Gasteiger partial charge in [0, 0.05) is 12.0 Å². The first-order valence-electron chi connectivity index (χ1n) is 8.83. The highest BCUT2D eigenvalue weighted by Crippen LogP contribution is 2.31. The standard InChI is InChI=1S/C20H18N4O2/c1-2-4-17-16(3-1)21-20(22-17)14-7-9-15(10-8-14)25-12-19-23-18(24-26-19)11-13-5-6-13/h1-4,7-10,13H,5-6,11-12H2,(H,21,22). The molecule has 0 aliphatic heterocycles. The van der Waals surface area contributed by atoms with Gasteiger partial charge in [-0.15, -0.1) is 0 Å². The van der Waals surface area contributed by atoms with Gasteiger partial charge in [-0.2, -0.15) is 4.98 Å². The molecule has 6 heteroatoms. The molecule has 0 atom stereocenters. The molecule has 0 spiro atoms. The number of ether oxygens (including phenoxy) is 1. The molecule has 4 aromatic rings. The van der Waals surface area contributed by atoms with Gasteiger partial charge in [-0.05, 0) is 55.2 Å². The Morgan fingerprint density at radius 2 is 1.88 bits per heavy atom. The van der Waals surface area contributed by atoms with E-state index >= 15 is 0 Å². The van der Waals surface area contributed by atoms with Crippen molar-refractivity contribution in [2.24, 2.45) is 5.92 Å². The van der Waals surface area contributed by atoms with Crippen LogP contribution in [0.5, 0.6) is 5.75 Å². The molecular weight excluding hydrogens is 328 g/mol. The van der Waals surface area contributed by atoms with Crippen LogP contribution in [-0.2, 0) is 13.0 Å². The van der Waals surface area contributed by atoms with Gasteiger partial charge in [0.25, 0.3) is 5.89 Å². The summed E-state index contributed by atoms with van der Waals surface area (Å²) in [5.41, 5.74) is 3.00. The van der Waals surface area contributed by atoms with Crippen LogP contribution in [0.1, 0.15) is 24.6 Å². The summed E-state index contributed by atoms with van der Waals surface area (Å²) in [5, 5.41) is 4.00. The fourth-order valence-electron chi connectivity index (χ4n) is 2.96. The second-order valence-electron chi connectivity index (χ2n) is 6.67. The lowest BCUT2D eigenvalue weighted by Gasteiger charge is -2.03. The van der Waals surface area contributed by atoms with Gasteiger partial charge in [0.05, 0.1) is 11.0 Å². The van der Waals surface area contributed by atoms with Crippen molar-refractivity contribution >= 4 is 11.0 Å². The van der Waals surface area contributed by atoms with E-state index < -0.39 is 0 Å². The number of nitrogens with one attached hydrogen (secondary N) is 1. The quantitative estimate of drug-likeness (QED) is 0.568. The Balaban J connectivity index is 1.25. The number of hydrogen-bond acceptors (Lipinski definition) is 5. The first kappa shape index (κ1) is 15.1. The fraction of sp³-hybridized carbons (Fsp3) is 0.250. The summed E-state index contributed by atoms with van der Waals surface area (Å²) < 4.78 is 11.0. The number of hydrogen-bond donors (Lipinski definition) is 1. The van der Waals surface area contributed by atoms with Crippen LogP contribution in [0.3, 0.4) is 0 Å². The summed E-state index contributed by atoms with van der Waals surface area (Å²) >= 11 is 0. The number of nitrogens with zero attached hydrogens (tertiary/aromatic N) is 3. The van der Waals surface area contributed by atoms with Gasteiger partial charge in [0.1, 0.15) is 11.6 Å². The van der Waals surface area contributed by atoms with Crippen LogP contribution in [0.2, 0.25) is 0 Å². The van der Waals surface area contributed by atoms with Crippen LogP contribution in [0.4, 0.5) is 0 Å². The fourth-order valence-corrected chi connectivity index (χ4v) is 2.96. The zero-order chi connectivity index (χ0) is 17.3. The van der Waals surface area contributed by atoms with Gasteiger partial charge >= 0.3 is 0 Å². The van der Waals surface area contributed by atoms with E-state index in [0.29, 0.717) is 5.89 Å². The summed E-state index contributed by atoms with van der Waals surface area (Å²) in [6, 6.07) is 15.8. The summed E-state index contributed by atoms with van der Waals surface area (Å²) in [7, 11) is 0. The average molecular weight is 346 g/mol. The topological polar surface area (TPSA) is 76.8 Å². The molecule has 0 amide bonds. The SMILES string of the molecule is c1ccc2[nH]c(-c3ccc(OCc4nc(CC5CC5)no4)cc3)nc2c1. The number of aromatic nitrogens is 4. The number of fused-ring (bicyclic) bond motifs is 1. The Hall–Kier alpha value is -3.15. The Morgan fingerprint density at radius 3 is 2.69 bits per heavy atom. The molecule has 0 radical (unpaired) electrons. The Bertz CT molecular complexity index is 998. The van der Waals surface area contributed by atoms with Gasteiger partial charge in [-0.25, -0.2) is 4.98 Å². The monoisotopic (exact) mass is 346 g/mol. The van der Waals surface area contributed by atoms with E-state index in [4.69, 9.17) is 9.26 Å². The zero-order valence-corrected chi connectivity index (χ0v) is 14.2. The van der Waals surface area contributed by atoms with Crippen molar-refractivity contribution in [1.82, 2.24) is 20.1 Å². The maximum Gasteiger partial charge on any atom is 0.264 e. The van der Waals surface area contributed by atoms with E-state index in [9.17, 15) is 0 Å². The minimum absolute atomic E-state index is 0.279. The summed E-state index contributed by atoms with van der Waals surface area (Å²) in [4.78, 5) is 12.3. The van der Waals surface area contributed by atoms with E-state index in [1.54, 1.807) is 0 Å². The first-order chi connectivity index (χ1) is 12.8. The molecule has 1 fully saturated rings. The normalized spacial score (nSPS) is 14.0. The summed E-state index contributed by atoms with van der Waals surface area (Å²) in [6.07, 6.45) is 3.46. The number of para-hydroxylation sites is 2. The lowest BCUT2D eigenvalue weighted by atomic mass is 10.2. The molecule has 0 saturated heterocycles. The van der Waals surface area contributed by atoms with Gasteiger partial charge in [0.2, 0.25) is 0 Å². The average Bonchev–Trinajstić information content (AvgIpc) is 3.20. The van der Waals surface area contributed by atoms with Crippen LogP contribution in [0, 0.1) is 5.92 Å². The first-order valence-corrected chi connectivity index (χ1v) is 8.83. The molecule has 6 nitrogen and oxygen atoms in total. The molecular formula is C20H18N4O2. The second-order valence-corrected chi connectivity index (χ2v) is 6.67. The van der Waals surface area contributed by atoms with E-state index in [2.05, 4.69) is 20.1 Å². The van der Waals surface area contributed by atoms with Crippen molar-refractivity contribution in [3.05, 3.63) is 60.2 Å². The van der Waals surface area contributed by atoms with Gasteiger partial charge in [-0.3, -0.25) is 0 Å². The molecule has 5 rings (SSSR count). The number of imidazole rings is 1. The maximum atomic E-state index is 5.75. The lowest BCUT2D eigenvalue weighted by molar-refractivity contribution is 0.242. The van der Waals surface area contributed by atoms with Crippen molar-refractivity contribution < 1.29 is 9.26 Å². The van der Waals surface area contributed by atoms with Crippen molar-refractivity contribution in [3.63, 3.8) is 0 Å². The maximum absolute atomic E-state index is 5.75. The predicted octanol–water partition coefficient (Wildman–Crippen LogP) is 4.14. The number of H-pyrrole nitrogens is 1. The van der Waals surface area contributed by atoms with Crippen LogP contribution in [0.25, 0.3) is 22.4 Å². The highest BCUT2D eigenvalue weighted by atomic mass is 16.5. The molecule has 1 N–H and O–H groups in total. The Morgan fingerprint density at radius 1 is 1.04 bits per heavy atom. The number of rotatable bonds is 6. The zero-order valence-electron chi connectivity index (χ0n) is 14.2. The van der Waals surface area contributed by atoms with Gasteiger partial charge in [-0.1, -0.05) is 17.3 Å². The molecule has 0 unspecified atom stereocenters. The van der Waals surface area contributed by atoms with Gasteiger partial charge in [0.15, 0.2) is 12.4 Å². The molecule has 1 saturated carbocycles. The number of aromatic amines is 1.